The molecule has 1 rings (SSSR count). The van der Waals surface area contributed by atoms with Crippen molar-refractivity contribution in [3.05, 3.63) is 35.9 Å². The maximum absolute atomic E-state index is 12.1. The first kappa shape index (κ1) is 21.0. The summed E-state index contributed by atoms with van der Waals surface area (Å²) in [5.74, 6) is -0.888. The maximum atomic E-state index is 12.1. The number of amides is 2. The van der Waals surface area contributed by atoms with Crippen LogP contribution in [0.25, 0.3) is 0 Å². The van der Waals surface area contributed by atoms with Gasteiger partial charge < -0.3 is 20.8 Å². The summed E-state index contributed by atoms with van der Waals surface area (Å²) in [4.78, 5) is 22.9. The van der Waals surface area contributed by atoms with Crippen molar-refractivity contribution in [3.8, 4) is 0 Å². The van der Waals surface area contributed by atoms with Crippen LogP contribution in [0.3, 0.4) is 0 Å². The highest BCUT2D eigenvalue weighted by atomic mass is 16.4. The molecule has 0 bridgehead atoms. The van der Waals surface area contributed by atoms with E-state index in [0.29, 0.717) is 19.3 Å². The van der Waals surface area contributed by atoms with Gasteiger partial charge in [-0.05, 0) is 30.2 Å². The molecule has 140 valence electrons. The normalized spacial score (nSPS) is 13.8. The first-order chi connectivity index (χ1) is 11.7. The van der Waals surface area contributed by atoms with Gasteiger partial charge in [-0.2, -0.15) is 0 Å². The van der Waals surface area contributed by atoms with Gasteiger partial charge in [0.05, 0.1) is 6.10 Å². The number of nitrogens with one attached hydrogen (secondary N) is 2. The second kappa shape index (κ2) is 10.0. The number of carboxylic acids is 1. The van der Waals surface area contributed by atoms with Crippen molar-refractivity contribution in [1.82, 2.24) is 10.6 Å². The van der Waals surface area contributed by atoms with Gasteiger partial charge in [-0.3, -0.25) is 4.79 Å². The van der Waals surface area contributed by atoms with Gasteiger partial charge >= 0.3 is 12.0 Å². The Morgan fingerprint density at radius 1 is 1.16 bits per heavy atom. The lowest BCUT2D eigenvalue weighted by atomic mass is 9.89. The SMILES string of the molecule is CC(C)(C)CC(O)CNC(=O)NC(CCC(=O)O)Cc1ccccc1. The standard InChI is InChI=1S/C19H30N2O4/c1-19(2,3)12-16(22)13-20-18(25)21-15(9-10-17(23)24)11-14-7-5-4-6-8-14/h4-8,15-16,22H,9-13H2,1-3H3,(H,23,24)(H2,20,21,25). The van der Waals surface area contributed by atoms with Gasteiger partial charge in [0.25, 0.3) is 0 Å². The van der Waals surface area contributed by atoms with Crippen LogP contribution in [-0.2, 0) is 11.2 Å². The summed E-state index contributed by atoms with van der Waals surface area (Å²) in [7, 11) is 0. The number of aliphatic hydroxyl groups is 1. The molecule has 1 aromatic carbocycles. The number of rotatable bonds is 9. The topological polar surface area (TPSA) is 98.7 Å². The fourth-order valence-corrected chi connectivity index (χ4v) is 2.65. The second-order valence-corrected chi connectivity index (χ2v) is 7.59. The molecule has 2 amide bonds. The third-order valence-electron chi connectivity index (χ3n) is 3.71. The van der Waals surface area contributed by atoms with Crippen molar-refractivity contribution in [2.75, 3.05) is 6.54 Å². The maximum Gasteiger partial charge on any atom is 0.315 e. The van der Waals surface area contributed by atoms with E-state index < -0.39 is 12.1 Å². The van der Waals surface area contributed by atoms with E-state index in [4.69, 9.17) is 5.11 Å². The molecule has 0 saturated carbocycles. The minimum atomic E-state index is -0.888. The zero-order chi connectivity index (χ0) is 18.9. The van der Waals surface area contributed by atoms with Crippen LogP contribution in [0.2, 0.25) is 0 Å². The third-order valence-corrected chi connectivity index (χ3v) is 3.71. The van der Waals surface area contributed by atoms with E-state index >= 15 is 0 Å². The average molecular weight is 350 g/mol. The van der Waals surface area contributed by atoms with Crippen molar-refractivity contribution in [1.29, 1.82) is 0 Å². The van der Waals surface area contributed by atoms with E-state index in [9.17, 15) is 14.7 Å². The van der Waals surface area contributed by atoms with E-state index in [0.717, 1.165) is 5.56 Å². The van der Waals surface area contributed by atoms with Crippen LogP contribution < -0.4 is 10.6 Å². The Morgan fingerprint density at radius 3 is 2.36 bits per heavy atom. The van der Waals surface area contributed by atoms with E-state index in [1.807, 2.05) is 51.1 Å². The Balaban J connectivity index is 2.51. The number of hydrogen-bond acceptors (Lipinski definition) is 3. The number of benzene rings is 1. The summed E-state index contributed by atoms with van der Waals surface area (Å²) < 4.78 is 0. The van der Waals surface area contributed by atoms with Crippen LogP contribution in [-0.4, -0.2) is 40.9 Å². The molecule has 0 saturated heterocycles. The van der Waals surface area contributed by atoms with Gasteiger partial charge in [0.15, 0.2) is 0 Å². The first-order valence-electron chi connectivity index (χ1n) is 8.64. The molecule has 0 aromatic heterocycles. The van der Waals surface area contributed by atoms with Crippen LogP contribution >= 0.6 is 0 Å². The molecule has 0 aliphatic rings. The van der Waals surface area contributed by atoms with Crippen molar-refractivity contribution in [3.63, 3.8) is 0 Å². The molecule has 0 fully saturated rings. The highest BCUT2D eigenvalue weighted by molar-refractivity contribution is 5.74. The molecule has 0 aliphatic carbocycles. The number of aliphatic carboxylic acids is 1. The van der Waals surface area contributed by atoms with Crippen LogP contribution in [0.1, 0.15) is 45.6 Å². The monoisotopic (exact) mass is 350 g/mol. The number of carbonyl (C=O) groups is 2. The third kappa shape index (κ3) is 10.4. The van der Waals surface area contributed by atoms with Gasteiger partial charge in [0, 0.05) is 19.0 Å². The highest BCUT2D eigenvalue weighted by Gasteiger charge is 2.18. The smallest absolute Gasteiger partial charge is 0.315 e. The predicted molar refractivity (Wildman–Crippen MR) is 97.4 cm³/mol. The molecule has 0 aliphatic heterocycles. The Labute approximate surface area is 149 Å². The Hall–Kier alpha value is -2.08. The van der Waals surface area contributed by atoms with Gasteiger partial charge in [0.1, 0.15) is 0 Å². The number of carboxylic acid groups (broad SMARTS) is 1. The van der Waals surface area contributed by atoms with E-state index in [1.165, 1.54) is 0 Å². The zero-order valence-corrected chi connectivity index (χ0v) is 15.3. The van der Waals surface area contributed by atoms with Gasteiger partial charge in [-0.1, -0.05) is 51.1 Å². The van der Waals surface area contributed by atoms with E-state index in [2.05, 4.69) is 10.6 Å². The lowest BCUT2D eigenvalue weighted by molar-refractivity contribution is -0.137. The van der Waals surface area contributed by atoms with Gasteiger partial charge in [-0.15, -0.1) is 0 Å². The molecule has 2 atom stereocenters. The summed E-state index contributed by atoms with van der Waals surface area (Å²) in [6, 6.07) is 8.95. The summed E-state index contributed by atoms with van der Waals surface area (Å²) in [5.41, 5.74) is 1.01. The first-order valence-corrected chi connectivity index (χ1v) is 8.64. The fraction of sp³-hybridized carbons (Fsp3) is 0.579. The lowest BCUT2D eigenvalue weighted by Gasteiger charge is -2.23. The summed E-state index contributed by atoms with van der Waals surface area (Å²) in [6.07, 6.45) is 0.871. The molecule has 6 heteroatoms. The largest absolute Gasteiger partial charge is 0.481 e. The number of carbonyl (C=O) groups excluding carboxylic acids is 1. The molecule has 4 N–H and O–H groups in total. The van der Waals surface area contributed by atoms with Gasteiger partial charge in [-0.25, -0.2) is 4.79 Å². The molecule has 6 nitrogen and oxygen atoms in total. The van der Waals surface area contributed by atoms with Crippen LogP contribution in [0.5, 0.6) is 0 Å². The quantitative estimate of drug-likeness (QED) is 0.550. The number of hydrogen-bond donors (Lipinski definition) is 4. The van der Waals surface area contributed by atoms with Crippen molar-refractivity contribution < 1.29 is 19.8 Å². The number of aliphatic hydroxyl groups excluding tert-OH is 1. The molecule has 0 radical (unpaired) electrons. The van der Waals surface area contributed by atoms with Gasteiger partial charge in [0.2, 0.25) is 0 Å². The molecule has 2 unspecified atom stereocenters. The fourth-order valence-electron chi connectivity index (χ4n) is 2.65. The summed E-state index contributed by atoms with van der Waals surface area (Å²) in [6.45, 7) is 6.24. The zero-order valence-electron chi connectivity index (χ0n) is 15.3. The minimum Gasteiger partial charge on any atom is -0.481 e. The minimum absolute atomic E-state index is 0.00949. The van der Waals surface area contributed by atoms with Crippen LogP contribution in [0, 0.1) is 5.41 Å². The molecule has 0 spiro atoms. The predicted octanol–water partition coefficient (Wildman–Crippen LogP) is 2.56. The van der Waals surface area contributed by atoms with Crippen molar-refractivity contribution >= 4 is 12.0 Å². The average Bonchev–Trinajstić information content (AvgIpc) is 2.50. The van der Waals surface area contributed by atoms with Crippen LogP contribution in [0.15, 0.2) is 30.3 Å². The Kier molecular flexibility index (Phi) is 8.41. The molecule has 25 heavy (non-hydrogen) atoms. The van der Waals surface area contributed by atoms with Crippen LogP contribution in [0.4, 0.5) is 4.79 Å². The summed E-state index contributed by atoms with van der Waals surface area (Å²) in [5, 5.41) is 24.3. The van der Waals surface area contributed by atoms with E-state index in [-0.39, 0.29) is 30.5 Å². The molecule has 1 aromatic rings. The number of urea groups is 1. The lowest BCUT2D eigenvalue weighted by Crippen LogP contribution is -2.45. The summed E-state index contributed by atoms with van der Waals surface area (Å²) >= 11 is 0. The van der Waals surface area contributed by atoms with Crippen molar-refractivity contribution in [2.45, 2.75) is 58.6 Å². The second-order valence-electron chi connectivity index (χ2n) is 7.59. The van der Waals surface area contributed by atoms with E-state index in [1.54, 1.807) is 0 Å². The van der Waals surface area contributed by atoms with Crippen molar-refractivity contribution in [2.24, 2.45) is 5.41 Å². The molecular weight excluding hydrogens is 320 g/mol. The highest BCUT2D eigenvalue weighted by Crippen LogP contribution is 2.20. The Bertz CT molecular complexity index is 540. The Morgan fingerprint density at radius 2 is 1.80 bits per heavy atom. The molecular formula is C19H30N2O4. The molecule has 0 heterocycles.